The summed E-state index contributed by atoms with van der Waals surface area (Å²) in [6.07, 6.45) is 1.93. The highest BCUT2D eigenvalue weighted by atomic mass is 16.2. The van der Waals surface area contributed by atoms with Crippen LogP contribution in [0.15, 0.2) is 24.3 Å². The van der Waals surface area contributed by atoms with Gasteiger partial charge < -0.3 is 16.8 Å². The molecule has 0 saturated carbocycles. The minimum absolute atomic E-state index is 0.153. The molecule has 5 nitrogen and oxygen atoms in total. The Morgan fingerprint density at radius 1 is 1.28 bits per heavy atom. The third-order valence-electron chi connectivity index (χ3n) is 2.52. The van der Waals surface area contributed by atoms with Gasteiger partial charge in [-0.15, -0.1) is 0 Å². The van der Waals surface area contributed by atoms with Crippen LogP contribution < -0.4 is 16.8 Å². The molecule has 0 fully saturated rings. The van der Waals surface area contributed by atoms with Gasteiger partial charge in [-0.05, 0) is 24.1 Å². The van der Waals surface area contributed by atoms with Crippen LogP contribution in [0.5, 0.6) is 0 Å². The number of aryl methyl sites for hydroxylation is 1. The fraction of sp³-hybridized carbons (Fsp3) is 0.385. The lowest BCUT2D eigenvalue weighted by molar-refractivity contribution is -0.123. The lowest BCUT2D eigenvalue weighted by Gasteiger charge is -2.10. The van der Waals surface area contributed by atoms with Crippen LogP contribution in [0.2, 0.25) is 0 Å². The van der Waals surface area contributed by atoms with Crippen molar-refractivity contribution in [1.29, 1.82) is 0 Å². The zero-order chi connectivity index (χ0) is 13.5. The van der Waals surface area contributed by atoms with Crippen LogP contribution in [-0.4, -0.2) is 17.9 Å². The van der Waals surface area contributed by atoms with Gasteiger partial charge in [-0.1, -0.05) is 25.5 Å². The highest BCUT2D eigenvalue weighted by molar-refractivity contribution is 5.97. The molecule has 0 aromatic heterocycles. The van der Waals surface area contributed by atoms with Crippen molar-refractivity contribution in [1.82, 2.24) is 0 Å². The second-order valence-corrected chi connectivity index (χ2v) is 4.21. The van der Waals surface area contributed by atoms with Crippen LogP contribution in [-0.2, 0) is 16.0 Å². The van der Waals surface area contributed by atoms with E-state index in [1.165, 1.54) is 5.56 Å². The molecule has 5 N–H and O–H groups in total. The van der Waals surface area contributed by atoms with Crippen LogP contribution in [0.4, 0.5) is 5.69 Å². The van der Waals surface area contributed by atoms with Crippen LogP contribution in [0.1, 0.15) is 25.3 Å². The van der Waals surface area contributed by atoms with E-state index in [4.69, 9.17) is 11.5 Å². The Hall–Kier alpha value is -1.88. The predicted molar refractivity (Wildman–Crippen MR) is 70.9 cm³/mol. The van der Waals surface area contributed by atoms with Gasteiger partial charge in [0, 0.05) is 5.69 Å². The van der Waals surface area contributed by atoms with E-state index in [0.29, 0.717) is 5.69 Å². The molecule has 1 rings (SSSR count). The highest BCUT2D eigenvalue weighted by Gasteiger charge is 2.15. The molecular formula is C13H19N3O2. The number of hydrogen-bond acceptors (Lipinski definition) is 3. The Morgan fingerprint density at radius 3 is 2.39 bits per heavy atom. The average molecular weight is 249 g/mol. The van der Waals surface area contributed by atoms with Crippen LogP contribution in [0, 0.1) is 0 Å². The van der Waals surface area contributed by atoms with E-state index in [-0.39, 0.29) is 6.42 Å². The third-order valence-corrected chi connectivity index (χ3v) is 2.52. The highest BCUT2D eigenvalue weighted by Crippen LogP contribution is 2.11. The summed E-state index contributed by atoms with van der Waals surface area (Å²) in [7, 11) is 0. The fourth-order valence-corrected chi connectivity index (χ4v) is 1.59. The molecule has 0 bridgehead atoms. The van der Waals surface area contributed by atoms with Gasteiger partial charge >= 0.3 is 0 Å². The van der Waals surface area contributed by atoms with Crippen LogP contribution >= 0.6 is 0 Å². The minimum Gasteiger partial charge on any atom is -0.370 e. The quantitative estimate of drug-likeness (QED) is 0.694. The first kappa shape index (κ1) is 14.2. The number of benzene rings is 1. The number of anilines is 1. The average Bonchev–Trinajstić information content (AvgIpc) is 2.31. The van der Waals surface area contributed by atoms with E-state index in [0.717, 1.165) is 12.8 Å². The van der Waals surface area contributed by atoms with Crippen molar-refractivity contribution in [2.75, 3.05) is 5.32 Å². The normalized spacial score (nSPS) is 11.9. The van der Waals surface area contributed by atoms with E-state index >= 15 is 0 Å². The molecule has 98 valence electrons. The number of nitrogens with two attached hydrogens (primary N) is 2. The summed E-state index contributed by atoms with van der Waals surface area (Å²) in [6.45, 7) is 2.11. The van der Waals surface area contributed by atoms with E-state index < -0.39 is 17.9 Å². The lowest BCUT2D eigenvalue weighted by Crippen LogP contribution is -2.38. The molecule has 0 aliphatic carbocycles. The molecule has 0 aliphatic heterocycles. The molecule has 2 amide bonds. The summed E-state index contributed by atoms with van der Waals surface area (Å²) in [6, 6.07) is 6.65. The Kier molecular flexibility index (Phi) is 5.32. The molecule has 0 heterocycles. The van der Waals surface area contributed by atoms with Gasteiger partial charge in [0.25, 0.3) is 0 Å². The number of amides is 2. The SMILES string of the molecule is CCCc1ccc(NC(=O)[C@@H](N)CC(N)=O)cc1. The molecule has 0 radical (unpaired) electrons. The lowest BCUT2D eigenvalue weighted by atomic mass is 10.1. The summed E-state index contributed by atoms with van der Waals surface area (Å²) in [5.74, 6) is -0.993. The second kappa shape index (κ2) is 6.76. The molecule has 5 heteroatoms. The molecule has 0 spiro atoms. The van der Waals surface area contributed by atoms with Crippen molar-refractivity contribution < 1.29 is 9.59 Å². The van der Waals surface area contributed by atoms with E-state index in [1.807, 2.05) is 24.3 Å². The fourth-order valence-electron chi connectivity index (χ4n) is 1.59. The van der Waals surface area contributed by atoms with Gasteiger partial charge in [0.2, 0.25) is 11.8 Å². The number of carbonyl (C=O) groups is 2. The van der Waals surface area contributed by atoms with E-state index in [9.17, 15) is 9.59 Å². The van der Waals surface area contributed by atoms with Gasteiger partial charge in [0.1, 0.15) is 0 Å². The van der Waals surface area contributed by atoms with Crippen molar-refractivity contribution >= 4 is 17.5 Å². The van der Waals surface area contributed by atoms with Crippen molar-refractivity contribution in [3.05, 3.63) is 29.8 Å². The molecule has 0 aliphatic rings. The Balaban J connectivity index is 2.56. The van der Waals surface area contributed by atoms with E-state index in [2.05, 4.69) is 12.2 Å². The van der Waals surface area contributed by atoms with Crippen molar-refractivity contribution in [3.63, 3.8) is 0 Å². The maximum Gasteiger partial charge on any atom is 0.241 e. The topological polar surface area (TPSA) is 98.2 Å². The number of rotatable bonds is 6. The van der Waals surface area contributed by atoms with Gasteiger partial charge in [-0.3, -0.25) is 9.59 Å². The summed E-state index contributed by atoms with van der Waals surface area (Å²) in [4.78, 5) is 22.3. The van der Waals surface area contributed by atoms with Crippen molar-refractivity contribution in [3.8, 4) is 0 Å². The summed E-state index contributed by atoms with van der Waals surface area (Å²) < 4.78 is 0. The molecule has 0 unspecified atom stereocenters. The Labute approximate surface area is 107 Å². The largest absolute Gasteiger partial charge is 0.370 e. The summed E-state index contributed by atoms with van der Waals surface area (Å²) in [5, 5.41) is 2.64. The predicted octanol–water partition coefficient (Wildman–Crippen LogP) is 0.780. The number of carbonyl (C=O) groups excluding carboxylic acids is 2. The van der Waals surface area contributed by atoms with Crippen molar-refractivity contribution in [2.24, 2.45) is 11.5 Å². The zero-order valence-corrected chi connectivity index (χ0v) is 10.5. The molecule has 0 saturated heterocycles. The monoisotopic (exact) mass is 249 g/mol. The molecule has 1 aromatic carbocycles. The first-order chi connectivity index (χ1) is 8.52. The number of primary amides is 1. The Bertz CT molecular complexity index is 415. The van der Waals surface area contributed by atoms with Gasteiger partial charge in [-0.2, -0.15) is 0 Å². The second-order valence-electron chi connectivity index (χ2n) is 4.21. The number of nitrogens with one attached hydrogen (secondary N) is 1. The van der Waals surface area contributed by atoms with Crippen LogP contribution in [0.25, 0.3) is 0 Å². The smallest absolute Gasteiger partial charge is 0.241 e. The number of hydrogen-bond donors (Lipinski definition) is 3. The standard InChI is InChI=1S/C13H19N3O2/c1-2-3-9-4-6-10(7-5-9)16-13(18)11(14)8-12(15)17/h4-7,11H,2-3,8,14H2,1H3,(H2,15,17)(H,16,18)/t11-/m0/s1. The van der Waals surface area contributed by atoms with Crippen molar-refractivity contribution in [2.45, 2.75) is 32.2 Å². The van der Waals surface area contributed by atoms with Crippen LogP contribution in [0.3, 0.4) is 0 Å². The maximum atomic E-state index is 11.6. The first-order valence-electron chi connectivity index (χ1n) is 5.96. The van der Waals surface area contributed by atoms with Gasteiger partial charge in [0.05, 0.1) is 12.5 Å². The van der Waals surface area contributed by atoms with E-state index in [1.54, 1.807) is 0 Å². The molecule has 18 heavy (non-hydrogen) atoms. The third kappa shape index (κ3) is 4.55. The van der Waals surface area contributed by atoms with Gasteiger partial charge in [0.15, 0.2) is 0 Å². The summed E-state index contributed by atoms with van der Waals surface area (Å²) in [5.41, 5.74) is 12.4. The molecular weight excluding hydrogens is 230 g/mol. The maximum absolute atomic E-state index is 11.6. The first-order valence-corrected chi connectivity index (χ1v) is 5.96. The Morgan fingerprint density at radius 2 is 1.89 bits per heavy atom. The summed E-state index contributed by atoms with van der Waals surface area (Å²) >= 11 is 0. The van der Waals surface area contributed by atoms with Gasteiger partial charge in [-0.25, -0.2) is 0 Å². The molecule has 1 aromatic rings. The zero-order valence-electron chi connectivity index (χ0n) is 10.5. The minimum atomic E-state index is -0.905. The molecule has 1 atom stereocenters.